The lowest BCUT2D eigenvalue weighted by atomic mass is 10.1. The van der Waals surface area contributed by atoms with Gasteiger partial charge in [-0.2, -0.15) is 4.98 Å². The Morgan fingerprint density at radius 2 is 2.04 bits per heavy atom. The van der Waals surface area contributed by atoms with Crippen LogP contribution in [0.15, 0.2) is 34.9 Å². The molecule has 4 rings (SSSR count). The van der Waals surface area contributed by atoms with E-state index in [2.05, 4.69) is 30.6 Å². The average Bonchev–Trinajstić information content (AvgIpc) is 3.22. The van der Waals surface area contributed by atoms with Crippen molar-refractivity contribution in [1.29, 1.82) is 0 Å². The van der Waals surface area contributed by atoms with E-state index >= 15 is 0 Å². The summed E-state index contributed by atoms with van der Waals surface area (Å²) in [4.78, 5) is 21.2. The highest BCUT2D eigenvalue weighted by molar-refractivity contribution is 6.33. The summed E-state index contributed by atoms with van der Waals surface area (Å²) < 4.78 is 5.15. The molecule has 130 valence electrons. The van der Waals surface area contributed by atoms with Gasteiger partial charge in [-0.3, -0.25) is 15.2 Å². The van der Waals surface area contributed by atoms with E-state index in [-0.39, 0.29) is 11.9 Å². The number of aryl methyl sites for hydroxylation is 2. The first-order valence-corrected chi connectivity index (χ1v) is 8.13. The van der Waals surface area contributed by atoms with Crippen molar-refractivity contribution < 1.29 is 9.32 Å². The van der Waals surface area contributed by atoms with E-state index in [1.165, 1.54) is 0 Å². The third kappa shape index (κ3) is 2.80. The van der Waals surface area contributed by atoms with Crippen LogP contribution in [0.3, 0.4) is 0 Å². The second-order valence-corrected chi connectivity index (χ2v) is 6.11. The molecule has 2 N–H and O–H groups in total. The van der Waals surface area contributed by atoms with Crippen molar-refractivity contribution in [2.75, 3.05) is 5.32 Å². The molecule has 1 aromatic carbocycles. The van der Waals surface area contributed by atoms with Gasteiger partial charge in [0, 0.05) is 11.3 Å². The van der Waals surface area contributed by atoms with Crippen molar-refractivity contribution in [3.8, 4) is 11.4 Å². The van der Waals surface area contributed by atoms with Crippen LogP contribution >= 0.6 is 11.6 Å². The van der Waals surface area contributed by atoms with E-state index in [0.29, 0.717) is 44.5 Å². The van der Waals surface area contributed by atoms with E-state index in [1.807, 2.05) is 18.2 Å². The van der Waals surface area contributed by atoms with E-state index in [0.717, 1.165) is 0 Å². The summed E-state index contributed by atoms with van der Waals surface area (Å²) in [5.41, 5.74) is 2.64. The van der Waals surface area contributed by atoms with Gasteiger partial charge in [-0.05, 0) is 32.0 Å². The Kier molecular flexibility index (Phi) is 3.89. The monoisotopic (exact) mass is 368 g/mol. The number of pyridine rings is 1. The minimum Gasteiger partial charge on any atom is -0.336 e. The van der Waals surface area contributed by atoms with Crippen LogP contribution in [-0.4, -0.2) is 31.2 Å². The number of amides is 1. The van der Waals surface area contributed by atoms with Gasteiger partial charge in [0.2, 0.25) is 5.95 Å². The summed E-state index contributed by atoms with van der Waals surface area (Å²) in [6.45, 7) is 3.53. The number of benzene rings is 1. The number of hydrogen-bond donors (Lipinski definition) is 2. The maximum Gasteiger partial charge on any atom is 0.259 e. The number of nitrogens with zero attached hydrogens (tertiary/aromatic N) is 4. The molecule has 9 heteroatoms. The first kappa shape index (κ1) is 16.2. The average molecular weight is 369 g/mol. The zero-order valence-electron chi connectivity index (χ0n) is 13.9. The molecule has 0 fully saturated rings. The Labute approximate surface area is 152 Å². The highest BCUT2D eigenvalue weighted by Gasteiger charge is 2.19. The summed E-state index contributed by atoms with van der Waals surface area (Å²) in [6, 6.07) is 8.90. The number of aromatic nitrogens is 5. The van der Waals surface area contributed by atoms with Gasteiger partial charge < -0.3 is 4.52 Å². The zero-order valence-corrected chi connectivity index (χ0v) is 14.6. The second-order valence-electron chi connectivity index (χ2n) is 5.70. The van der Waals surface area contributed by atoms with Crippen LogP contribution in [0.5, 0.6) is 0 Å². The molecule has 0 aliphatic rings. The number of fused-ring (bicyclic) bond motifs is 1. The van der Waals surface area contributed by atoms with Crippen molar-refractivity contribution in [3.63, 3.8) is 0 Å². The Morgan fingerprint density at radius 3 is 2.85 bits per heavy atom. The van der Waals surface area contributed by atoms with E-state index in [9.17, 15) is 4.79 Å². The summed E-state index contributed by atoms with van der Waals surface area (Å²) in [7, 11) is 0. The molecule has 0 spiro atoms. The van der Waals surface area contributed by atoms with Crippen molar-refractivity contribution in [3.05, 3.63) is 52.3 Å². The van der Waals surface area contributed by atoms with Crippen molar-refractivity contribution in [2.45, 2.75) is 13.8 Å². The first-order chi connectivity index (χ1) is 12.5. The molecule has 0 unspecified atom stereocenters. The molecule has 8 nitrogen and oxygen atoms in total. The third-order valence-corrected chi connectivity index (χ3v) is 4.16. The molecular weight excluding hydrogens is 356 g/mol. The molecule has 3 aromatic heterocycles. The predicted molar refractivity (Wildman–Crippen MR) is 96.1 cm³/mol. The fraction of sp³-hybridized carbons (Fsp3) is 0.118. The quantitative estimate of drug-likeness (QED) is 0.572. The third-order valence-electron chi connectivity index (χ3n) is 3.83. The van der Waals surface area contributed by atoms with Gasteiger partial charge in [-0.1, -0.05) is 28.9 Å². The predicted octanol–water partition coefficient (Wildman–Crippen LogP) is 3.53. The maximum absolute atomic E-state index is 12.7. The number of H-pyrrole nitrogens is 1. The maximum atomic E-state index is 12.7. The molecular formula is C17H13ClN6O2. The van der Waals surface area contributed by atoms with E-state index in [1.54, 1.807) is 26.0 Å². The fourth-order valence-electron chi connectivity index (χ4n) is 2.66. The van der Waals surface area contributed by atoms with Crippen molar-refractivity contribution in [1.82, 2.24) is 25.3 Å². The van der Waals surface area contributed by atoms with E-state index < -0.39 is 0 Å². The van der Waals surface area contributed by atoms with Crippen LogP contribution in [0.2, 0.25) is 5.02 Å². The topological polar surface area (TPSA) is 110 Å². The van der Waals surface area contributed by atoms with Crippen LogP contribution in [0, 0.1) is 13.8 Å². The number of halogens is 1. The molecule has 0 bridgehead atoms. The standard InChI is InChI=1S/C17H13ClN6O2/c1-8-7-11(13-9(2)24-26-16(13)19-8)15(25)21-17-20-14(22-23-17)10-5-3-4-6-12(10)18/h3-7H,1-2H3,(H2,20,21,22,23,25). The SMILES string of the molecule is Cc1cc(C(=O)Nc2n[nH]c(-c3ccccc3Cl)n2)c2c(C)noc2n1. The lowest BCUT2D eigenvalue weighted by Gasteiger charge is -2.03. The molecule has 1 amide bonds. The molecule has 3 heterocycles. The Bertz CT molecular complexity index is 1130. The van der Waals surface area contributed by atoms with Gasteiger partial charge in [0.25, 0.3) is 11.6 Å². The van der Waals surface area contributed by atoms with Crippen LogP contribution in [0.4, 0.5) is 5.95 Å². The minimum atomic E-state index is -0.378. The Balaban J connectivity index is 1.66. The number of hydrogen-bond acceptors (Lipinski definition) is 6. The van der Waals surface area contributed by atoms with Crippen molar-refractivity contribution >= 4 is 34.6 Å². The molecule has 0 saturated carbocycles. The summed E-state index contributed by atoms with van der Waals surface area (Å²) in [5, 5.41) is 14.4. The van der Waals surface area contributed by atoms with Crippen LogP contribution < -0.4 is 5.32 Å². The minimum absolute atomic E-state index is 0.140. The zero-order chi connectivity index (χ0) is 18.3. The molecule has 0 atom stereocenters. The van der Waals surface area contributed by atoms with Gasteiger partial charge in [0.05, 0.1) is 21.7 Å². The number of carbonyl (C=O) groups excluding carboxylic acids is 1. The normalized spacial score (nSPS) is 11.0. The molecule has 0 radical (unpaired) electrons. The van der Waals surface area contributed by atoms with Crippen molar-refractivity contribution in [2.24, 2.45) is 0 Å². The molecule has 0 aliphatic heterocycles. The summed E-state index contributed by atoms with van der Waals surface area (Å²) in [5.74, 6) is 0.223. The number of nitrogens with one attached hydrogen (secondary N) is 2. The Morgan fingerprint density at radius 1 is 1.23 bits per heavy atom. The van der Waals surface area contributed by atoms with Gasteiger partial charge in [0.1, 0.15) is 0 Å². The largest absolute Gasteiger partial charge is 0.336 e. The summed E-state index contributed by atoms with van der Waals surface area (Å²) >= 11 is 6.16. The molecule has 26 heavy (non-hydrogen) atoms. The fourth-order valence-corrected chi connectivity index (χ4v) is 2.88. The smallest absolute Gasteiger partial charge is 0.259 e. The van der Waals surface area contributed by atoms with Gasteiger partial charge in [-0.15, -0.1) is 5.10 Å². The highest BCUT2D eigenvalue weighted by atomic mass is 35.5. The van der Waals surface area contributed by atoms with Crippen LogP contribution in [0.25, 0.3) is 22.5 Å². The molecule has 0 aliphatic carbocycles. The van der Waals surface area contributed by atoms with Gasteiger partial charge in [-0.25, -0.2) is 4.98 Å². The Hall–Kier alpha value is -3.26. The number of anilines is 1. The lowest BCUT2D eigenvalue weighted by molar-refractivity contribution is 0.102. The number of carbonyl (C=O) groups is 1. The lowest BCUT2D eigenvalue weighted by Crippen LogP contribution is -2.14. The molecule has 0 saturated heterocycles. The molecule has 4 aromatic rings. The number of rotatable bonds is 3. The first-order valence-electron chi connectivity index (χ1n) is 7.75. The van der Waals surface area contributed by atoms with Crippen LogP contribution in [0.1, 0.15) is 21.7 Å². The van der Waals surface area contributed by atoms with Crippen LogP contribution in [-0.2, 0) is 0 Å². The van der Waals surface area contributed by atoms with Gasteiger partial charge in [0.15, 0.2) is 5.82 Å². The van der Waals surface area contributed by atoms with Gasteiger partial charge >= 0.3 is 0 Å². The highest BCUT2D eigenvalue weighted by Crippen LogP contribution is 2.26. The summed E-state index contributed by atoms with van der Waals surface area (Å²) in [6.07, 6.45) is 0. The second kappa shape index (κ2) is 6.23. The van der Waals surface area contributed by atoms with E-state index in [4.69, 9.17) is 16.1 Å². The number of aromatic amines is 1.